The van der Waals surface area contributed by atoms with Gasteiger partial charge in [-0.3, -0.25) is 0 Å². The Kier molecular flexibility index (Phi) is 5.01. The van der Waals surface area contributed by atoms with Crippen molar-refractivity contribution in [3.63, 3.8) is 0 Å². The van der Waals surface area contributed by atoms with E-state index in [9.17, 15) is 5.11 Å². The highest BCUT2D eigenvalue weighted by Gasteiger charge is 2.18. The van der Waals surface area contributed by atoms with Crippen molar-refractivity contribution >= 4 is 0 Å². The van der Waals surface area contributed by atoms with Crippen molar-refractivity contribution in [3.8, 4) is 0 Å². The van der Waals surface area contributed by atoms with Crippen LogP contribution < -0.4 is 0 Å². The quantitative estimate of drug-likeness (QED) is 0.661. The van der Waals surface area contributed by atoms with Crippen molar-refractivity contribution in [2.24, 2.45) is 5.41 Å². The van der Waals surface area contributed by atoms with Crippen LogP contribution in [0.5, 0.6) is 0 Å². The van der Waals surface area contributed by atoms with Gasteiger partial charge in [0.05, 0.1) is 6.10 Å². The smallest absolute Gasteiger partial charge is 0.0695 e. The standard InChI is InChI=1S/C12H22O/c1-6-8-12(4,5)11(7-2)9-10(3)13/h6,8-10,13H,7H2,1-5H3/b8-6-,11-9-. The van der Waals surface area contributed by atoms with Gasteiger partial charge < -0.3 is 5.11 Å². The van der Waals surface area contributed by atoms with Gasteiger partial charge in [0.25, 0.3) is 0 Å². The minimum atomic E-state index is -0.348. The average Bonchev–Trinajstić information content (AvgIpc) is 1.99. The summed E-state index contributed by atoms with van der Waals surface area (Å²) in [7, 11) is 0. The zero-order chi connectivity index (χ0) is 10.5. The van der Waals surface area contributed by atoms with Crippen molar-refractivity contribution in [2.75, 3.05) is 0 Å². The Balaban J connectivity index is 4.75. The van der Waals surface area contributed by atoms with Crippen LogP contribution in [0.3, 0.4) is 0 Å². The maximum atomic E-state index is 9.28. The normalized spacial score (nSPS) is 16.6. The monoisotopic (exact) mass is 182 g/mol. The minimum absolute atomic E-state index is 0.0699. The molecule has 1 nitrogen and oxygen atoms in total. The molecule has 0 aromatic heterocycles. The van der Waals surface area contributed by atoms with Gasteiger partial charge in [-0.2, -0.15) is 0 Å². The molecule has 0 saturated heterocycles. The van der Waals surface area contributed by atoms with E-state index in [2.05, 4.69) is 32.9 Å². The average molecular weight is 182 g/mol. The molecule has 0 aliphatic carbocycles. The molecule has 1 N–H and O–H groups in total. The van der Waals surface area contributed by atoms with Crippen LogP contribution in [0.4, 0.5) is 0 Å². The molecule has 0 radical (unpaired) electrons. The molecule has 0 rings (SSSR count). The Hall–Kier alpha value is -0.560. The first-order chi connectivity index (χ1) is 5.94. The fraction of sp³-hybridized carbons (Fsp3) is 0.667. The lowest BCUT2D eigenvalue weighted by Crippen LogP contribution is -2.13. The van der Waals surface area contributed by atoms with Gasteiger partial charge in [-0.25, -0.2) is 0 Å². The summed E-state index contributed by atoms with van der Waals surface area (Å²) >= 11 is 0. The molecule has 0 bridgehead atoms. The summed E-state index contributed by atoms with van der Waals surface area (Å²) in [4.78, 5) is 0. The van der Waals surface area contributed by atoms with E-state index < -0.39 is 0 Å². The fourth-order valence-electron chi connectivity index (χ4n) is 1.60. The first-order valence-corrected chi connectivity index (χ1v) is 4.97. The molecule has 0 fully saturated rings. The van der Waals surface area contributed by atoms with Crippen LogP contribution in [0.25, 0.3) is 0 Å². The maximum Gasteiger partial charge on any atom is 0.0695 e. The molecule has 0 aliphatic heterocycles. The summed E-state index contributed by atoms with van der Waals surface area (Å²) in [6.07, 6.45) is 6.82. The number of hydrogen-bond acceptors (Lipinski definition) is 1. The van der Waals surface area contributed by atoms with Crippen molar-refractivity contribution in [1.82, 2.24) is 0 Å². The van der Waals surface area contributed by atoms with Crippen molar-refractivity contribution in [3.05, 3.63) is 23.8 Å². The molecule has 0 aliphatic rings. The van der Waals surface area contributed by atoms with Gasteiger partial charge in [0.1, 0.15) is 0 Å². The van der Waals surface area contributed by atoms with E-state index in [1.54, 1.807) is 6.92 Å². The highest BCUT2D eigenvalue weighted by Crippen LogP contribution is 2.30. The molecule has 0 aromatic rings. The molecule has 0 amide bonds. The van der Waals surface area contributed by atoms with Gasteiger partial charge in [0.15, 0.2) is 0 Å². The number of aliphatic hydroxyl groups excluding tert-OH is 1. The topological polar surface area (TPSA) is 20.2 Å². The first-order valence-electron chi connectivity index (χ1n) is 4.97. The Morgan fingerprint density at radius 1 is 1.46 bits per heavy atom. The van der Waals surface area contributed by atoms with Gasteiger partial charge in [-0.15, -0.1) is 0 Å². The number of allylic oxidation sites excluding steroid dienone is 3. The number of hydrogen-bond donors (Lipinski definition) is 1. The molecule has 0 saturated carbocycles. The molecule has 1 heteroatoms. The maximum absolute atomic E-state index is 9.28. The van der Waals surface area contributed by atoms with Crippen LogP contribution in [0.1, 0.15) is 41.0 Å². The second kappa shape index (κ2) is 5.23. The van der Waals surface area contributed by atoms with Gasteiger partial charge >= 0.3 is 0 Å². The summed E-state index contributed by atoms with van der Waals surface area (Å²) in [5.41, 5.74) is 1.36. The molecular weight excluding hydrogens is 160 g/mol. The number of rotatable bonds is 4. The second-order valence-electron chi connectivity index (χ2n) is 4.01. The lowest BCUT2D eigenvalue weighted by atomic mass is 9.81. The zero-order valence-electron chi connectivity index (χ0n) is 9.46. The first kappa shape index (κ1) is 12.4. The Morgan fingerprint density at radius 2 is 2.00 bits per heavy atom. The summed E-state index contributed by atoms with van der Waals surface area (Å²) in [6, 6.07) is 0. The van der Waals surface area contributed by atoms with Crippen LogP contribution in [0.15, 0.2) is 23.8 Å². The SMILES string of the molecule is C/C=C\C(C)(C)/C(=C\C(C)O)CC. The largest absolute Gasteiger partial charge is 0.389 e. The summed E-state index contributed by atoms with van der Waals surface area (Å²) in [5.74, 6) is 0. The highest BCUT2D eigenvalue weighted by molar-refractivity contribution is 5.20. The summed E-state index contributed by atoms with van der Waals surface area (Å²) < 4.78 is 0. The third-order valence-corrected chi connectivity index (χ3v) is 2.23. The van der Waals surface area contributed by atoms with E-state index in [0.717, 1.165) is 6.42 Å². The zero-order valence-corrected chi connectivity index (χ0v) is 9.46. The van der Waals surface area contributed by atoms with Crippen molar-refractivity contribution in [1.29, 1.82) is 0 Å². The lowest BCUT2D eigenvalue weighted by Gasteiger charge is -2.24. The minimum Gasteiger partial charge on any atom is -0.389 e. The van der Waals surface area contributed by atoms with Crippen LogP contribution in [-0.2, 0) is 0 Å². The Bertz CT molecular complexity index is 197. The third kappa shape index (κ3) is 4.28. The Labute approximate surface area is 82.2 Å². The molecular formula is C12H22O. The van der Waals surface area contributed by atoms with Gasteiger partial charge in [0.2, 0.25) is 0 Å². The predicted octanol–water partition coefficient (Wildman–Crippen LogP) is 3.31. The molecule has 0 spiro atoms. The molecule has 13 heavy (non-hydrogen) atoms. The van der Waals surface area contributed by atoms with Crippen LogP contribution in [-0.4, -0.2) is 11.2 Å². The van der Waals surface area contributed by atoms with Gasteiger partial charge in [0, 0.05) is 5.41 Å². The molecule has 76 valence electrons. The van der Waals surface area contributed by atoms with Gasteiger partial charge in [-0.1, -0.05) is 44.6 Å². The van der Waals surface area contributed by atoms with E-state index >= 15 is 0 Å². The van der Waals surface area contributed by atoms with E-state index in [1.165, 1.54) is 5.57 Å². The highest BCUT2D eigenvalue weighted by atomic mass is 16.3. The van der Waals surface area contributed by atoms with Crippen LogP contribution in [0.2, 0.25) is 0 Å². The van der Waals surface area contributed by atoms with E-state index in [1.807, 2.05) is 13.0 Å². The van der Waals surface area contributed by atoms with Crippen LogP contribution >= 0.6 is 0 Å². The Morgan fingerprint density at radius 3 is 2.31 bits per heavy atom. The van der Waals surface area contributed by atoms with Gasteiger partial charge in [-0.05, 0) is 20.3 Å². The predicted molar refractivity (Wildman–Crippen MR) is 58.6 cm³/mol. The fourth-order valence-corrected chi connectivity index (χ4v) is 1.60. The lowest BCUT2D eigenvalue weighted by molar-refractivity contribution is 0.241. The van der Waals surface area contributed by atoms with Crippen LogP contribution in [0, 0.1) is 5.41 Å². The summed E-state index contributed by atoms with van der Waals surface area (Å²) in [5, 5.41) is 9.28. The van der Waals surface area contributed by atoms with E-state index in [4.69, 9.17) is 0 Å². The number of aliphatic hydroxyl groups is 1. The van der Waals surface area contributed by atoms with Crippen molar-refractivity contribution < 1.29 is 5.11 Å². The molecule has 0 heterocycles. The molecule has 1 unspecified atom stereocenters. The summed E-state index contributed by atoms with van der Waals surface area (Å²) in [6.45, 7) is 10.3. The van der Waals surface area contributed by atoms with Crippen molar-refractivity contribution in [2.45, 2.75) is 47.1 Å². The third-order valence-electron chi connectivity index (χ3n) is 2.23. The van der Waals surface area contributed by atoms with E-state index in [0.29, 0.717) is 0 Å². The van der Waals surface area contributed by atoms with E-state index in [-0.39, 0.29) is 11.5 Å². The molecule has 0 aromatic carbocycles. The molecule has 1 atom stereocenters. The second-order valence-corrected chi connectivity index (χ2v) is 4.01.